The van der Waals surface area contributed by atoms with Gasteiger partial charge in [0.1, 0.15) is 22.3 Å². The third-order valence-corrected chi connectivity index (χ3v) is 10.7. The molecule has 4 nitrogen and oxygen atoms in total. The number of benzene rings is 8. The van der Waals surface area contributed by atoms with Gasteiger partial charge in [-0.2, -0.15) is 0 Å². The predicted octanol–water partition coefficient (Wildman–Crippen LogP) is 14.3. The normalized spacial score (nSPS) is 11.6. The highest BCUT2D eigenvalue weighted by atomic mass is 16.3. The first-order valence-electron chi connectivity index (χ1n) is 18.8. The Hall–Kier alpha value is -7.56. The number of rotatable bonds is 6. The van der Waals surface area contributed by atoms with Crippen LogP contribution in [0.1, 0.15) is 0 Å². The molecular weight excluding hydrogens is 685 g/mol. The molecule has 262 valence electrons. The highest BCUT2D eigenvalue weighted by molar-refractivity contribution is 6.13. The number of fused-ring (bicyclic) bond motifs is 6. The van der Waals surface area contributed by atoms with E-state index in [-0.39, 0.29) is 0 Å². The molecule has 0 N–H and O–H groups in total. The SMILES string of the molecule is c1ccc(-c2ccccc2-c2nc(-c3ccc(-c4cccc5oc6ccccc6c45)cc3)cc(-c3cccc(-c4cccc5oc6ccccc6c45)c3)n2)cc1. The molecule has 0 amide bonds. The summed E-state index contributed by atoms with van der Waals surface area (Å²) in [6.07, 6.45) is 0. The highest BCUT2D eigenvalue weighted by Gasteiger charge is 2.18. The molecule has 0 unspecified atom stereocenters. The number of hydrogen-bond acceptors (Lipinski definition) is 4. The topological polar surface area (TPSA) is 52.1 Å². The maximum Gasteiger partial charge on any atom is 0.161 e. The zero-order valence-electron chi connectivity index (χ0n) is 30.2. The summed E-state index contributed by atoms with van der Waals surface area (Å²) in [5.74, 6) is 0.670. The minimum Gasteiger partial charge on any atom is -0.456 e. The van der Waals surface area contributed by atoms with Gasteiger partial charge in [0, 0.05) is 38.2 Å². The Morgan fingerprint density at radius 2 is 0.732 bits per heavy atom. The molecule has 0 fully saturated rings. The molecule has 4 heteroatoms. The molecule has 0 spiro atoms. The van der Waals surface area contributed by atoms with Gasteiger partial charge in [-0.15, -0.1) is 0 Å². The maximum atomic E-state index is 6.25. The average molecular weight is 717 g/mol. The third kappa shape index (κ3) is 5.39. The second-order valence-electron chi connectivity index (χ2n) is 14.1. The molecular formula is C52H32N2O2. The summed E-state index contributed by atoms with van der Waals surface area (Å²) in [5, 5.41) is 4.45. The summed E-state index contributed by atoms with van der Waals surface area (Å²) < 4.78 is 12.5. The lowest BCUT2D eigenvalue weighted by molar-refractivity contribution is 0.668. The number of aromatic nitrogens is 2. The molecule has 0 radical (unpaired) electrons. The van der Waals surface area contributed by atoms with E-state index in [1.807, 2.05) is 42.5 Å². The van der Waals surface area contributed by atoms with Gasteiger partial charge in [-0.1, -0.05) is 158 Å². The van der Waals surface area contributed by atoms with Crippen LogP contribution in [-0.4, -0.2) is 9.97 Å². The summed E-state index contributed by atoms with van der Waals surface area (Å²) >= 11 is 0. The van der Waals surface area contributed by atoms with E-state index < -0.39 is 0 Å². The Bertz CT molecular complexity index is 3250. The van der Waals surface area contributed by atoms with Crippen LogP contribution in [0.15, 0.2) is 203 Å². The fourth-order valence-corrected chi connectivity index (χ4v) is 8.11. The molecule has 0 aliphatic heterocycles. The molecule has 56 heavy (non-hydrogen) atoms. The first-order chi connectivity index (χ1) is 27.7. The Labute approximate surface area is 323 Å². The van der Waals surface area contributed by atoms with Crippen molar-refractivity contribution >= 4 is 43.9 Å². The molecule has 0 aliphatic rings. The molecule has 0 saturated carbocycles. The largest absolute Gasteiger partial charge is 0.456 e. The first-order valence-corrected chi connectivity index (χ1v) is 18.8. The molecule has 0 saturated heterocycles. The maximum absolute atomic E-state index is 6.25. The molecule has 0 atom stereocenters. The standard InChI is InChI=1S/C52H32N2O2/c1-2-13-33(14-3-1)38-17-4-5-18-41(38)52-53-44(35-29-27-34(28-30-35)39-21-11-25-48-50(39)42-19-6-8-23-46(42)55-48)32-45(54-52)37-16-10-15-36(31-37)40-22-12-26-49-51(40)43-20-7-9-24-47(43)56-49/h1-32H. The molecule has 8 aromatic carbocycles. The minimum absolute atomic E-state index is 0.670. The quantitative estimate of drug-likeness (QED) is 0.172. The van der Waals surface area contributed by atoms with Crippen molar-refractivity contribution in [2.75, 3.05) is 0 Å². The van der Waals surface area contributed by atoms with Crippen molar-refractivity contribution < 1.29 is 8.83 Å². The van der Waals surface area contributed by atoms with E-state index in [2.05, 4.69) is 152 Å². The van der Waals surface area contributed by atoms with Crippen LogP contribution in [0.2, 0.25) is 0 Å². The van der Waals surface area contributed by atoms with E-state index >= 15 is 0 Å². The van der Waals surface area contributed by atoms with Gasteiger partial charge in [-0.05, 0) is 69.8 Å². The molecule has 11 rings (SSSR count). The van der Waals surface area contributed by atoms with Crippen molar-refractivity contribution in [2.24, 2.45) is 0 Å². The zero-order valence-corrected chi connectivity index (χ0v) is 30.2. The fraction of sp³-hybridized carbons (Fsp3) is 0. The predicted molar refractivity (Wildman–Crippen MR) is 229 cm³/mol. The smallest absolute Gasteiger partial charge is 0.161 e. The molecule has 0 aliphatic carbocycles. The van der Waals surface area contributed by atoms with Gasteiger partial charge >= 0.3 is 0 Å². The highest BCUT2D eigenvalue weighted by Crippen LogP contribution is 2.40. The number of para-hydroxylation sites is 2. The van der Waals surface area contributed by atoms with Gasteiger partial charge in [-0.25, -0.2) is 9.97 Å². The fourth-order valence-electron chi connectivity index (χ4n) is 8.11. The van der Waals surface area contributed by atoms with Crippen molar-refractivity contribution in [3.05, 3.63) is 194 Å². The van der Waals surface area contributed by atoms with Gasteiger partial charge in [0.2, 0.25) is 0 Å². The molecule has 3 heterocycles. The van der Waals surface area contributed by atoms with Crippen molar-refractivity contribution in [1.29, 1.82) is 0 Å². The van der Waals surface area contributed by atoms with Gasteiger partial charge in [-0.3, -0.25) is 0 Å². The van der Waals surface area contributed by atoms with Gasteiger partial charge in [0.15, 0.2) is 5.82 Å². The van der Waals surface area contributed by atoms with Crippen LogP contribution < -0.4 is 0 Å². The van der Waals surface area contributed by atoms with Gasteiger partial charge < -0.3 is 8.83 Å². The van der Waals surface area contributed by atoms with Crippen LogP contribution in [0.5, 0.6) is 0 Å². The van der Waals surface area contributed by atoms with Gasteiger partial charge in [0.05, 0.1) is 11.4 Å². The van der Waals surface area contributed by atoms with Crippen molar-refractivity contribution in [3.63, 3.8) is 0 Å². The summed E-state index contributed by atoms with van der Waals surface area (Å²) in [5.41, 5.74) is 14.9. The Balaban J connectivity index is 1.07. The Morgan fingerprint density at radius 1 is 0.286 bits per heavy atom. The van der Waals surface area contributed by atoms with E-state index in [1.165, 1.54) is 0 Å². The average Bonchev–Trinajstić information content (AvgIpc) is 3.85. The van der Waals surface area contributed by atoms with Crippen LogP contribution in [-0.2, 0) is 0 Å². The van der Waals surface area contributed by atoms with Crippen LogP contribution in [0.25, 0.3) is 111 Å². The van der Waals surface area contributed by atoms with Crippen molar-refractivity contribution in [1.82, 2.24) is 9.97 Å². The summed E-state index contributed by atoms with van der Waals surface area (Å²) in [6, 6.07) is 67.3. The number of nitrogens with zero attached hydrogens (tertiary/aromatic N) is 2. The second kappa shape index (κ2) is 13.1. The monoisotopic (exact) mass is 716 g/mol. The second-order valence-corrected chi connectivity index (χ2v) is 14.1. The van der Waals surface area contributed by atoms with E-state index in [1.54, 1.807) is 0 Å². The lowest BCUT2D eigenvalue weighted by Crippen LogP contribution is -1.97. The number of hydrogen-bond donors (Lipinski definition) is 0. The minimum atomic E-state index is 0.670. The Morgan fingerprint density at radius 3 is 1.41 bits per heavy atom. The molecule has 3 aromatic heterocycles. The summed E-state index contributed by atoms with van der Waals surface area (Å²) in [4.78, 5) is 10.6. The van der Waals surface area contributed by atoms with Crippen molar-refractivity contribution in [2.45, 2.75) is 0 Å². The lowest BCUT2D eigenvalue weighted by atomic mass is 9.96. The third-order valence-electron chi connectivity index (χ3n) is 10.7. The summed E-state index contributed by atoms with van der Waals surface area (Å²) in [6.45, 7) is 0. The number of furan rings is 2. The van der Waals surface area contributed by atoms with Crippen LogP contribution in [0.4, 0.5) is 0 Å². The van der Waals surface area contributed by atoms with Crippen LogP contribution >= 0.6 is 0 Å². The Kier molecular flexibility index (Phi) is 7.46. The lowest BCUT2D eigenvalue weighted by Gasteiger charge is -2.14. The van der Waals surface area contributed by atoms with Crippen molar-refractivity contribution in [3.8, 4) is 67.3 Å². The van der Waals surface area contributed by atoms with Crippen LogP contribution in [0.3, 0.4) is 0 Å². The van der Waals surface area contributed by atoms with Gasteiger partial charge in [0.25, 0.3) is 0 Å². The molecule has 11 aromatic rings. The van der Waals surface area contributed by atoms with Crippen LogP contribution in [0, 0.1) is 0 Å². The zero-order chi connectivity index (χ0) is 37.0. The van der Waals surface area contributed by atoms with E-state index in [0.29, 0.717) is 5.82 Å². The van der Waals surface area contributed by atoms with E-state index in [9.17, 15) is 0 Å². The summed E-state index contributed by atoms with van der Waals surface area (Å²) in [7, 11) is 0. The molecule has 0 bridgehead atoms. The van der Waals surface area contributed by atoms with E-state index in [0.717, 1.165) is 105 Å². The van der Waals surface area contributed by atoms with E-state index in [4.69, 9.17) is 18.8 Å². The first kappa shape index (κ1) is 31.9.